The predicted molar refractivity (Wildman–Crippen MR) is 65.4 cm³/mol. The molecule has 1 nitrogen and oxygen atoms in total. The number of halogens is 1. The number of benzene rings is 1. The zero-order valence-corrected chi connectivity index (χ0v) is 9.76. The van der Waals surface area contributed by atoms with E-state index in [1.54, 1.807) is 0 Å². The van der Waals surface area contributed by atoms with Gasteiger partial charge in [-0.15, -0.1) is 0 Å². The van der Waals surface area contributed by atoms with E-state index in [0.717, 1.165) is 36.7 Å². The second-order valence-corrected chi connectivity index (χ2v) is 4.78. The van der Waals surface area contributed by atoms with E-state index in [0.29, 0.717) is 0 Å². The third-order valence-electron chi connectivity index (χ3n) is 3.00. The highest BCUT2D eigenvalue weighted by Crippen LogP contribution is 2.43. The van der Waals surface area contributed by atoms with Gasteiger partial charge in [-0.3, -0.25) is 0 Å². The topological polar surface area (TPSA) is 26.0 Å². The van der Waals surface area contributed by atoms with Gasteiger partial charge in [-0.1, -0.05) is 23.7 Å². The van der Waals surface area contributed by atoms with Gasteiger partial charge < -0.3 is 5.73 Å². The van der Waals surface area contributed by atoms with E-state index < -0.39 is 0 Å². The van der Waals surface area contributed by atoms with Crippen LogP contribution in [0.5, 0.6) is 0 Å². The maximum Gasteiger partial charge on any atom is 0.0443 e. The Labute approximate surface area is 96.6 Å². The Morgan fingerprint density at radius 1 is 1.27 bits per heavy atom. The van der Waals surface area contributed by atoms with Crippen molar-refractivity contribution in [2.75, 3.05) is 6.54 Å². The van der Waals surface area contributed by atoms with E-state index in [9.17, 15) is 0 Å². The summed E-state index contributed by atoms with van der Waals surface area (Å²) in [6, 6.07) is 6.56. The third-order valence-corrected chi connectivity index (χ3v) is 3.33. The zero-order chi connectivity index (χ0) is 10.7. The Bertz CT molecular complexity index is 331. The molecule has 1 aromatic carbocycles. The van der Waals surface area contributed by atoms with Crippen molar-refractivity contribution in [2.24, 2.45) is 5.73 Å². The van der Waals surface area contributed by atoms with Crippen molar-refractivity contribution in [3.05, 3.63) is 34.3 Å². The minimum Gasteiger partial charge on any atom is -0.330 e. The van der Waals surface area contributed by atoms with E-state index in [1.807, 2.05) is 0 Å². The van der Waals surface area contributed by atoms with Crippen LogP contribution in [0, 0.1) is 0 Å². The monoisotopic (exact) mass is 223 g/mol. The molecule has 1 saturated carbocycles. The molecule has 0 spiro atoms. The van der Waals surface area contributed by atoms with E-state index >= 15 is 0 Å². The third kappa shape index (κ3) is 2.96. The van der Waals surface area contributed by atoms with Gasteiger partial charge in [-0.25, -0.2) is 0 Å². The van der Waals surface area contributed by atoms with Gasteiger partial charge in [0.15, 0.2) is 0 Å². The zero-order valence-electron chi connectivity index (χ0n) is 9.01. The summed E-state index contributed by atoms with van der Waals surface area (Å²) in [5.41, 5.74) is 8.16. The van der Waals surface area contributed by atoms with Crippen LogP contribution in [0.15, 0.2) is 18.2 Å². The van der Waals surface area contributed by atoms with Gasteiger partial charge in [0.2, 0.25) is 0 Å². The highest BCUT2D eigenvalue weighted by atomic mass is 35.5. The normalized spacial score (nSPS) is 15.6. The number of unbranched alkanes of at least 4 members (excludes halogenated alkanes) is 1. The summed E-state index contributed by atoms with van der Waals surface area (Å²) in [7, 11) is 0. The number of hydrogen-bond acceptors (Lipinski definition) is 1. The molecule has 1 fully saturated rings. The average molecular weight is 224 g/mol. The van der Waals surface area contributed by atoms with Gasteiger partial charge in [0.05, 0.1) is 0 Å². The summed E-state index contributed by atoms with van der Waals surface area (Å²) in [5.74, 6) is 0.746. The standard InChI is InChI=1S/C13H18ClN/c14-13-9-10(3-1-2-8-15)4-7-12(13)11-5-6-11/h4,7,9,11H,1-3,5-6,8,15H2. The summed E-state index contributed by atoms with van der Waals surface area (Å²) >= 11 is 6.25. The lowest BCUT2D eigenvalue weighted by Crippen LogP contribution is -1.99. The van der Waals surface area contributed by atoms with Crippen molar-refractivity contribution in [1.82, 2.24) is 0 Å². The first-order chi connectivity index (χ1) is 7.31. The SMILES string of the molecule is NCCCCc1ccc(C2CC2)c(Cl)c1. The molecule has 0 aliphatic heterocycles. The first kappa shape index (κ1) is 11.0. The van der Waals surface area contributed by atoms with Crippen LogP contribution in [0.3, 0.4) is 0 Å². The molecule has 1 aliphatic carbocycles. The lowest BCUT2D eigenvalue weighted by atomic mass is 10.0. The van der Waals surface area contributed by atoms with Gasteiger partial charge in [0.1, 0.15) is 0 Å². The molecular formula is C13H18ClN. The molecule has 82 valence electrons. The second-order valence-electron chi connectivity index (χ2n) is 4.38. The largest absolute Gasteiger partial charge is 0.330 e. The molecule has 0 unspecified atom stereocenters. The molecule has 0 amide bonds. The van der Waals surface area contributed by atoms with Crippen LogP contribution in [0.4, 0.5) is 0 Å². The number of aryl methyl sites for hydroxylation is 1. The van der Waals surface area contributed by atoms with Crippen molar-refractivity contribution in [1.29, 1.82) is 0 Å². The molecular weight excluding hydrogens is 206 g/mol. The van der Waals surface area contributed by atoms with Crippen molar-refractivity contribution in [2.45, 2.75) is 38.0 Å². The van der Waals surface area contributed by atoms with Gasteiger partial charge >= 0.3 is 0 Å². The molecule has 2 rings (SSSR count). The quantitative estimate of drug-likeness (QED) is 0.760. The second kappa shape index (κ2) is 5.00. The van der Waals surface area contributed by atoms with Gasteiger partial charge in [0, 0.05) is 5.02 Å². The lowest BCUT2D eigenvalue weighted by molar-refractivity contribution is 0.744. The molecule has 1 aliphatic rings. The van der Waals surface area contributed by atoms with Crippen LogP contribution >= 0.6 is 11.6 Å². The molecule has 2 heteroatoms. The molecule has 0 saturated heterocycles. The van der Waals surface area contributed by atoms with Crippen molar-refractivity contribution in [3.63, 3.8) is 0 Å². The molecule has 1 aromatic rings. The molecule has 0 aromatic heterocycles. The average Bonchev–Trinajstić information content (AvgIpc) is 3.02. The van der Waals surface area contributed by atoms with Gasteiger partial charge in [-0.05, 0) is 61.8 Å². The van der Waals surface area contributed by atoms with Crippen molar-refractivity contribution in [3.8, 4) is 0 Å². The molecule has 0 radical (unpaired) electrons. The molecule has 0 bridgehead atoms. The summed E-state index contributed by atoms with van der Waals surface area (Å²) < 4.78 is 0. The summed E-state index contributed by atoms with van der Waals surface area (Å²) in [6.07, 6.45) is 5.98. The first-order valence-electron chi connectivity index (χ1n) is 5.79. The minimum atomic E-state index is 0.746. The molecule has 0 heterocycles. The van der Waals surface area contributed by atoms with Crippen LogP contribution in [-0.2, 0) is 6.42 Å². The van der Waals surface area contributed by atoms with Crippen LogP contribution in [-0.4, -0.2) is 6.54 Å². The highest BCUT2D eigenvalue weighted by Gasteiger charge is 2.25. The Morgan fingerprint density at radius 3 is 2.67 bits per heavy atom. The number of rotatable bonds is 5. The smallest absolute Gasteiger partial charge is 0.0443 e. The molecule has 2 N–H and O–H groups in total. The molecule has 0 atom stereocenters. The number of nitrogens with two attached hydrogens (primary N) is 1. The summed E-state index contributed by atoms with van der Waals surface area (Å²) in [5, 5.41) is 0.961. The fourth-order valence-corrected chi connectivity index (χ4v) is 2.28. The van der Waals surface area contributed by atoms with Crippen LogP contribution in [0.25, 0.3) is 0 Å². The Hall–Kier alpha value is -0.530. The lowest BCUT2D eigenvalue weighted by Gasteiger charge is -2.05. The van der Waals surface area contributed by atoms with Crippen molar-refractivity contribution >= 4 is 11.6 Å². The fourth-order valence-electron chi connectivity index (χ4n) is 1.93. The summed E-state index contributed by atoms with van der Waals surface area (Å²) in [6.45, 7) is 0.786. The molecule has 15 heavy (non-hydrogen) atoms. The van der Waals surface area contributed by atoms with Crippen molar-refractivity contribution < 1.29 is 0 Å². The number of hydrogen-bond donors (Lipinski definition) is 1. The maximum absolute atomic E-state index is 6.25. The maximum atomic E-state index is 6.25. The Balaban J connectivity index is 1.98. The van der Waals surface area contributed by atoms with Gasteiger partial charge in [0.25, 0.3) is 0 Å². The summed E-state index contributed by atoms with van der Waals surface area (Å²) in [4.78, 5) is 0. The van der Waals surface area contributed by atoms with Crippen LogP contribution in [0.2, 0.25) is 5.02 Å². The predicted octanol–water partition coefficient (Wildman–Crippen LogP) is 3.50. The van der Waals surface area contributed by atoms with E-state index in [1.165, 1.54) is 24.0 Å². The van der Waals surface area contributed by atoms with E-state index in [-0.39, 0.29) is 0 Å². The Kier molecular flexibility index (Phi) is 3.66. The Morgan fingerprint density at radius 2 is 2.07 bits per heavy atom. The van der Waals surface area contributed by atoms with Crippen LogP contribution in [0.1, 0.15) is 42.7 Å². The fraction of sp³-hybridized carbons (Fsp3) is 0.538. The van der Waals surface area contributed by atoms with Crippen LogP contribution < -0.4 is 5.73 Å². The van der Waals surface area contributed by atoms with E-state index in [2.05, 4.69) is 18.2 Å². The first-order valence-corrected chi connectivity index (χ1v) is 6.17. The van der Waals surface area contributed by atoms with E-state index in [4.69, 9.17) is 17.3 Å². The minimum absolute atomic E-state index is 0.746. The van der Waals surface area contributed by atoms with Gasteiger partial charge in [-0.2, -0.15) is 0 Å². The highest BCUT2D eigenvalue weighted by molar-refractivity contribution is 6.31.